The number of benzene rings is 1. The van der Waals surface area contributed by atoms with Gasteiger partial charge in [0.2, 0.25) is 0 Å². The minimum atomic E-state index is -0.792. The zero-order valence-electron chi connectivity index (χ0n) is 9.67. The van der Waals surface area contributed by atoms with E-state index in [0.717, 1.165) is 22.4 Å². The van der Waals surface area contributed by atoms with E-state index in [0.29, 0.717) is 13.1 Å². The number of anilines is 1. The molecule has 94 valence electrons. The van der Waals surface area contributed by atoms with Gasteiger partial charge in [-0.1, -0.05) is 12.1 Å². The van der Waals surface area contributed by atoms with E-state index in [4.69, 9.17) is 0 Å². The second kappa shape index (κ2) is 4.55. The summed E-state index contributed by atoms with van der Waals surface area (Å²) in [5, 5.41) is 14.4. The number of nitrogens with one attached hydrogen (secondary N) is 1. The average molecular weight is 263 g/mol. The van der Waals surface area contributed by atoms with Gasteiger partial charge in [-0.05, 0) is 23.7 Å². The summed E-state index contributed by atoms with van der Waals surface area (Å²) in [6.07, 6.45) is 0. The van der Waals surface area contributed by atoms with Gasteiger partial charge in [-0.3, -0.25) is 0 Å². The molecular weight excluding hydrogens is 250 g/mol. The molecule has 0 radical (unpaired) electrons. The molecule has 1 aromatic heterocycles. The number of nitrogens with zero attached hydrogens (tertiary/aromatic N) is 2. The van der Waals surface area contributed by atoms with E-state index in [1.807, 2.05) is 29.2 Å². The predicted octanol–water partition coefficient (Wildman–Crippen LogP) is 1.16. The maximum absolute atomic E-state index is 11.3. The van der Waals surface area contributed by atoms with E-state index in [2.05, 4.69) is 9.69 Å². The highest BCUT2D eigenvalue weighted by atomic mass is 32.1. The fraction of sp³-hybridized carbons (Fsp3) is 0.333. The highest BCUT2D eigenvalue weighted by Gasteiger charge is 2.30. The second-order valence-electron chi connectivity index (χ2n) is 4.26. The lowest BCUT2D eigenvalue weighted by molar-refractivity contribution is -0.138. The summed E-state index contributed by atoms with van der Waals surface area (Å²) in [6, 6.07) is 7.33. The Morgan fingerprint density at radius 2 is 2.33 bits per heavy atom. The molecule has 1 aromatic carbocycles. The predicted molar refractivity (Wildman–Crippen MR) is 71.3 cm³/mol. The fourth-order valence-corrected chi connectivity index (χ4v) is 3.19. The van der Waals surface area contributed by atoms with Crippen LogP contribution in [-0.4, -0.2) is 41.1 Å². The molecule has 1 aliphatic heterocycles. The normalized spacial score (nSPS) is 20.2. The van der Waals surface area contributed by atoms with Crippen LogP contribution in [0.4, 0.5) is 5.00 Å². The summed E-state index contributed by atoms with van der Waals surface area (Å²) in [5.41, 5.74) is 0.931. The van der Waals surface area contributed by atoms with Crippen molar-refractivity contribution < 1.29 is 9.90 Å². The fourth-order valence-electron chi connectivity index (χ4n) is 2.25. The Hall–Kier alpha value is -1.66. The van der Waals surface area contributed by atoms with E-state index >= 15 is 0 Å². The van der Waals surface area contributed by atoms with Crippen molar-refractivity contribution in [2.45, 2.75) is 6.04 Å². The van der Waals surface area contributed by atoms with Crippen LogP contribution in [0.2, 0.25) is 0 Å². The monoisotopic (exact) mass is 263 g/mol. The van der Waals surface area contributed by atoms with E-state index in [1.165, 1.54) is 11.5 Å². The first kappa shape index (κ1) is 11.4. The summed E-state index contributed by atoms with van der Waals surface area (Å²) in [7, 11) is 0. The van der Waals surface area contributed by atoms with Crippen LogP contribution >= 0.6 is 11.5 Å². The topological polar surface area (TPSA) is 65.5 Å². The number of rotatable bonds is 2. The van der Waals surface area contributed by atoms with Gasteiger partial charge in [0, 0.05) is 25.0 Å². The standard InChI is InChI=1S/C12H13N3O2S/c16-12(17)10-7-13-5-6-15(10)11-8-3-1-2-4-9(8)14-18-11/h1-4,10,13H,5-7H2,(H,16,17). The number of fused-ring (bicyclic) bond motifs is 1. The maximum Gasteiger partial charge on any atom is 0.327 e. The Balaban J connectivity index is 2.04. The van der Waals surface area contributed by atoms with E-state index < -0.39 is 12.0 Å². The SMILES string of the molecule is O=C(O)C1CNCCN1c1snc2ccccc12. The van der Waals surface area contributed by atoms with Gasteiger partial charge in [-0.15, -0.1) is 0 Å². The van der Waals surface area contributed by atoms with Crippen molar-refractivity contribution in [3.8, 4) is 0 Å². The lowest BCUT2D eigenvalue weighted by Gasteiger charge is -2.34. The van der Waals surface area contributed by atoms with Crippen molar-refractivity contribution in [3.05, 3.63) is 24.3 Å². The van der Waals surface area contributed by atoms with Crippen molar-refractivity contribution in [3.63, 3.8) is 0 Å². The van der Waals surface area contributed by atoms with Gasteiger partial charge < -0.3 is 15.3 Å². The number of aliphatic carboxylic acids is 1. The third-order valence-corrected chi connectivity index (χ3v) is 4.07. The van der Waals surface area contributed by atoms with E-state index in [-0.39, 0.29) is 0 Å². The van der Waals surface area contributed by atoms with Gasteiger partial charge in [-0.25, -0.2) is 4.79 Å². The zero-order valence-corrected chi connectivity index (χ0v) is 10.5. The first-order valence-electron chi connectivity index (χ1n) is 5.82. The van der Waals surface area contributed by atoms with Crippen LogP contribution in [0.1, 0.15) is 0 Å². The summed E-state index contributed by atoms with van der Waals surface area (Å²) in [6.45, 7) is 1.97. The summed E-state index contributed by atoms with van der Waals surface area (Å²) in [5.74, 6) is -0.792. The Bertz CT molecular complexity index is 583. The minimum Gasteiger partial charge on any atom is -0.480 e. The molecule has 1 saturated heterocycles. The van der Waals surface area contributed by atoms with Gasteiger partial charge in [0.1, 0.15) is 11.0 Å². The van der Waals surface area contributed by atoms with Crippen molar-refractivity contribution in [1.82, 2.24) is 9.69 Å². The second-order valence-corrected chi connectivity index (χ2v) is 5.01. The highest BCUT2D eigenvalue weighted by molar-refractivity contribution is 7.11. The van der Waals surface area contributed by atoms with Crippen LogP contribution in [0, 0.1) is 0 Å². The van der Waals surface area contributed by atoms with Crippen LogP contribution in [0.5, 0.6) is 0 Å². The first-order chi connectivity index (χ1) is 8.77. The minimum absolute atomic E-state index is 0.474. The molecule has 18 heavy (non-hydrogen) atoms. The molecule has 1 atom stereocenters. The van der Waals surface area contributed by atoms with Crippen LogP contribution in [0.15, 0.2) is 24.3 Å². The molecule has 0 saturated carbocycles. The largest absolute Gasteiger partial charge is 0.480 e. The van der Waals surface area contributed by atoms with E-state index in [9.17, 15) is 9.90 Å². The van der Waals surface area contributed by atoms with Gasteiger partial charge >= 0.3 is 5.97 Å². The smallest absolute Gasteiger partial charge is 0.327 e. The third kappa shape index (κ3) is 1.83. The first-order valence-corrected chi connectivity index (χ1v) is 6.59. The van der Waals surface area contributed by atoms with Crippen molar-refractivity contribution >= 4 is 33.4 Å². The quantitative estimate of drug-likeness (QED) is 0.851. The number of carboxylic acids is 1. The molecule has 5 nitrogen and oxygen atoms in total. The van der Waals surface area contributed by atoms with Gasteiger partial charge in [0.25, 0.3) is 0 Å². The van der Waals surface area contributed by atoms with Crippen molar-refractivity contribution in [2.75, 3.05) is 24.5 Å². The molecule has 6 heteroatoms. The zero-order chi connectivity index (χ0) is 12.5. The van der Waals surface area contributed by atoms with Gasteiger partial charge in [0.05, 0.1) is 5.52 Å². The summed E-state index contributed by atoms with van der Waals surface area (Å²) in [4.78, 5) is 13.2. The molecule has 1 fully saturated rings. The third-order valence-electron chi connectivity index (χ3n) is 3.15. The van der Waals surface area contributed by atoms with Gasteiger partial charge in [0.15, 0.2) is 0 Å². The molecule has 2 heterocycles. The number of carboxylic acid groups (broad SMARTS) is 1. The number of carbonyl (C=O) groups is 1. The molecule has 2 N–H and O–H groups in total. The highest BCUT2D eigenvalue weighted by Crippen LogP contribution is 2.32. The molecular formula is C12H13N3O2S. The average Bonchev–Trinajstić information content (AvgIpc) is 2.82. The Labute approximate surface area is 108 Å². The number of aromatic nitrogens is 1. The number of piperazine rings is 1. The van der Waals surface area contributed by atoms with Crippen LogP contribution < -0.4 is 10.2 Å². The van der Waals surface area contributed by atoms with Crippen LogP contribution in [-0.2, 0) is 4.79 Å². The molecule has 0 amide bonds. The Kier molecular flexibility index (Phi) is 2.89. The summed E-state index contributed by atoms with van der Waals surface area (Å²) >= 11 is 1.38. The maximum atomic E-state index is 11.3. The summed E-state index contributed by atoms with van der Waals surface area (Å²) < 4.78 is 4.37. The van der Waals surface area contributed by atoms with E-state index in [1.54, 1.807) is 0 Å². The number of hydrogen-bond donors (Lipinski definition) is 2. The Morgan fingerprint density at radius 3 is 3.17 bits per heavy atom. The molecule has 1 unspecified atom stereocenters. The van der Waals surface area contributed by atoms with Crippen LogP contribution in [0.25, 0.3) is 10.9 Å². The molecule has 3 rings (SSSR count). The van der Waals surface area contributed by atoms with Crippen molar-refractivity contribution in [1.29, 1.82) is 0 Å². The molecule has 2 aromatic rings. The Morgan fingerprint density at radius 1 is 1.50 bits per heavy atom. The molecule has 0 bridgehead atoms. The molecule has 1 aliphatic rings. The number of hydrogen-bond acceptors (Lipinski definition) is 5. The molecule has 0 spiro atoms. The van der Waals surface area contributed by atoms with Gasteiger partial charge in [-0.2, -0.15) is 4.37 Å². The lowest BCUT2D eigenvalue weighted by atomic mass is 10.1. The van der Waals surface area contributed by atoms with Crippen molar-refractivity contribution in [2.24, 2.45) is 0 Å². The van der Waals surface area contributed by atoms with Crippen LogP contribution in [0.3, 0.4) is 0 Å². The lowest BCUT2D eigenvalue weighted by Crippen LogP contribution is -2.55. The molecule has 0 aliphatic carbocycles.